The van der Waals surface area contributed by atoms with E-state index in [1.54, 1.807) is 24.3 Å². The van der Waals surface area contributed by atoms with Crippen molar-refractivity contribution < 1.29 is 55.7 Å². The van der Waals surface area contributed by atoms with Crippen LogP contribution in [0.3, 0.4) is 0 Å². The first kappa shape index (κ1) is 44.0. The third-order valence-electron chi connectivity index (χ3n) is 8.42. The van der Waals surface area contributed by atoms with Gasteiger partial charge >= 0.3 is 25.5 Å². The fourth-order valence-electron chi connectivity index (χ4n) is 5.44. The largest absolute Gasteiger partial charge is 0.756 e. The molecule has 3 aromatic rings. The number of phosphoric acid groups is 2. The monoisotopic (exact) mass is 807 g/mol. The standard InChI is InChI=1S/C37H50N2O14P2/c1-3-5-7-9-11-35(41)51-30-17-13-28(14-18-30)25-48-55(46,49-26-29-15-19-31(20-16-29)52-36(42)12-10-8-6-4-2)53-54(44,45)47-27-32-21-22-34(50-32)39-24-23-33(40)38-37(39)43/h13-20,23-24,32,34H,3-12,21-22,25-27H2,1-2H3,(H,44,45)(H,38,40,43)/p-1/t32-,34+/m0/s1. The zero-order valence-electron chi connectivity index (χ0n) is 31.1. The lowest BCUT2D eigenvalue weighted by Gasteiger charge is -2.28. The number of carbonyl (C=O) groups is 2. The van der Waals surface area contributed by atoms with Crippen molar-refractivity contribution in [2.24, 2.45) is 0 Å². The SMILES string of the molecule is CCCCCCC(=O)Oc1ccc(COP(=O)(OCc2ccc(OC(=O)CCCCCC)cc2)OP(=O)([O-])OC[C@@H]2CC[C@H](n3ccc(=O)[nH]c3=O)O2)cc1. The van der Waals surface area contributed by atoms with Crippen molar-refractivity contribution in [1.29, 1.82) is 0 Å². The van der Waals surface area contributed by atoms with Gasteiger partial charge in [-0.15, -0.1) is 0 Å². The van der Waals surface area contributed by atoms with Gasteiger partial charge in [0.1, 0.15) is 17.7 Å². The van der Waals surface area contributed by atoms with Crippen LogP contribution >= 0.6 is 15.6 Å². The van der Waals surface area contributed by atoms with E-state index >= 15 is 0 Å². The smallest absolute Gasteiger partial charge is 0.481 e. The summed E-state index contributed by atoms with van der Waals surface area (Å²) >= 11 is 0. The van der Waals surface area contributed by atoms with E-state index in [9.17, 15) is 33.2 Å². The molecule has 1 aromatic heterocycles. The molecule has 302 valence electrons. The van der Waals surface area contributed by atoms with E-state index < -0.39 is 59.0 Å². The normalized spacial score (nSPS) is 16.8. The van der Waals surface area contributed by atoms with Gasteiger partial charge in [-0.2, -0.15) is 0 Å². The third-order valence-corrected chi connectivity index (χ3v) is 11.4. The molecule has 0 aliphatic carbocycles. The first-order chi connectivity index (χ1) is 26.4. The summed E-state index contributed by atoms with van der Waals surface area (Å²) in [5, 5.41) is 0. The predicted octanol–water partition coefficient (Wildman–Crippen LogP) is 7.01. The summed E-state index contributed by atoms with van der Waals surface area (Å²) in [6, 6.07) is 13.4. The van der Waals surface area contributed by atoms with Crippen LogP contribution in [0.4, 0.5) is 0 Å². The van der Waals surface area contributed by atoms with E-state index in [0.29, 0.717) is 35.5 Å². The van der Waals surface area contributed by atoms with Crippen LogP contribution in [0.2, 0.25) is 0 Å². The van der Waals surface area contributed by atoms with Crippen LogP contribution in [0.5, 0.6) is 11.5 Å². The van der Waals surface area contributed by atoms with Crippen molar-refractivity contribution in [1.82, 2.24) is 9.55 Å². The molecule has 1 unspecified atom stereocenters. The predicted molar refractivity (Wildman–Crippen MR) is 198 cm³/mol. The Bertz CT molecular complexity index is 1800. The number of rotatable bonds is 24. The molecule has 2 heterocycles. The van der Waals surface area contributed by atoms with Crippen molar-refractivity contribution in [2.45, 2.75) is 116 Å². The van der Waals surface area contributed by atoms with Gasteiger partial charge in [-0.25, -0.2) is 13.7 Å². The Hall–Kier alpha value is -3.72. The van der Waals surface area contributed by atoms with Crippen molar-refractivity contribution in [3.05, 3.63) is 92.8 Å². The Morgan fingerprint density at radius 3 is 1.78 bits per heavy atom. The summed E-state index contributed by atoms with van der Waals surface area (Å²) in [6.07, 6.45) is 8.39. The molecule has 1 aliphatic rings. The maximum absolute atomic E-state index is 13.8. The van der Waals surface area contributed by atoms with Crippen LogP contribution in [-0.2, 0) is 54.6 Å². The van der Waals surface area contributed by atoms with Crippen LogP contribution in [-0.4, -0.2) is 34.2 Å². The van der Waals surface area contributed by atoms with Crippen LogP contribution in [0.1, 0.15) is 108 Å². The lowest BCUT2D eigenvalue weighted by molar-refractivity contribution is -0.221. The summed E-state index contributed by atoms with van der Waals surface area (Å²) in [5.41, 5.74) is -0.398. The first-order valence-corrected chi connectivity index (χ1v) is 21.4. The summed E-state index contributed by atoms with van der Waals surface area (Å²) in [5.74, 6) is -0.139. The third kappa shape index (κ3) is 15.7. The van der Waals surface area contributed by atoms with Crippen molar-refractivity contribution in [2.75, 3.05) is 6.61 Å². The maximum atomic E-state index is 13.8. The molecule has 1 N–H and O–H groups in total. The summed E-state index contributed by atoms with van der Waals surface area (Å²) in [4.78, 5) is 63.0. The molecule has 4 rings (SSSR count). The van der Waals surface area contributed by atoms with Gasteiger partial charge < -0.3 is 23.6 Å². The fourth-order valence-corrected chi connectivity index (χ4v) is 8.03. The quantitative estimate of drug-likeness (QED) is 0.0418. The number of unbranched alkanes of at least 4 members (excludes halogenated alkanes) is 6. The molecule has 0 bridgehead atoms. The van der Waals surface area contributed by atoms with Gasteiger partial charge in [-0.3, -0.25) is 37.5 Å². The molecule has 1 saturated heterocycles. The van der Waals surface area contributed by atoms with E-state index in [1.807, 2.05) is 0 Å². The Kier molecular flexibility index (Phi) is 17.7. The maximum Gasteiger partial charge on any atom is 0.481 e. The summed E-state index contributed by atoms with van der Waals surface area (Å²) < 4.78 is 65.3. The number of esters is 2. The number of hydrogen-bond acceptors (Lipinski definition) is 14. The number of aromatic nitrogens is 2. The number of hydrogen-bond donors (Lipinski definition) is 1. The number of aromatic amines is 1. The van der Waals surface area contributed by atoms with Crippen LogP contribution < -0.4 is 25.6 Å². The zero-order valence-corrected chi connectivity index (χ0v) is 32.9. The number of benzene rings is 2. The molecule has 2 aromatic carbocycles. The van der Waals surface area contributed by atoms with E-state index in [2.05, 4.69) is 18.8 Å². The Morgan fingerprint density at radius 1 is 0.764 bits per heavy atom. The molecule has 1 fully saturated rings. The Labute approximate surface area is 319 Å². The zero-order chi connectivity index (χ0) is 39.7. The average molecular weight is 808 g/mol. The van der Waals surface area contributed by atoms with E-state index in [4.69, 9.17) is 32.1 Å². The van der Waals surface area contributed by atoms with Crippen molar-refractivity contribution in [3.63, 3.8) is 0 Å². The van der Waals surface area contributed by atoms with Crippen molar-refractivity contribution in [3.8, 4) is 11.5 Å². The number of ether oxygens (including phenoxy) is 3. The second-order valence-electron chi connectivity index (χ2n) is 13.0. The number of nitrogens with one attached hydrogen (secondary N) is 1. The molecule has 0 saturated carbocycles. The minimum absolute atomic E-state index is 0.287. The van der Waals surface area contributed by atoms with E-state index in [-0.39, 0.29) is 24.8 Å². The lowest BCUT2D eigenvalue weighted by atomic mass is 10.1. The highest BCUT2D eigenvalue weighted by Gasteiger charge is 2.35. The van der Waals surface area contributed by atoms with Gasteiger partial charge in [0.25, 0.3) is 13.4 Å². The second kappa shape index (κ2) is 22.1. The highest BCUT2D eigenvalue weighted by molar-refractivity contribution is 7.61. The molecule has 0 radical (unpaired) electrons. The molecular weight excluding hydrogens is 758 g/mol. The molecule has 1 aliphatic heterocycles. The summed E-state index contributed by atoms with van der Waals surface area (Å²) in [6.45, 7) is 2.79. The van der Waals surface area contributed by atoms with Crippen molar-refractivity contribution >= 4 is 27.6 Å². The van der Waals surface area contributed by atoms with Gasteiger partial charge in [-0.05, 0) is 61.1 Å². The molecule has 0 spiro atoms. The van der Waals surface area contributed by atoms with E-state index in [1.165, 1.54) is 35.0 Å². The lowest BCUT2D eigenvalue weighted by Crippen LogP contribution is -2.31. The number of nitrogens with zero attached hydrogens (tertiary/aromatic N) is 1. The molecule has 0 amide bonds. The molecular formula is C37H49N2O14P2-. The number of carbonyl (C=O) groups excluding carboxylic acids is 2. The number of H-pyrrole nitrogens is 1. The van der Waals surface area contributed by atoms with Crippen LogP contribution in [0, 0.1) is 0 Å². The van der Waals surface area contributed by atoms with E-state index in [0.717, 1.165) is 57.4 Å². The van der Waals surface area contributed by atoms with Crippen LogP contribution in [0.25, 0.3) is 0 Å². The highest BCUT2D eigenvalue weighted by Crippen LogP contribution is 2.62. The average Bonchev–Trinajstić information content (AvgIpc) is 3.63. The molecule has 16 nitrogen and oxygen atoms in total. The fraction of sp³-hybridized carbons (Fsp3) is 0.514. The molecule has 18 heteroatoms. The van der Waals surface area contributed by atoms with Gasteiger partial charge in [0.15, 0.2) is 0 Å². The topological polar surface area (TPSA) is 211 Å². The minimum atomic E-state index is -5.37. The van der Waals surface area contributed by atoms with Gasteiger partial charge in [0, 0.05) is 25.1 Å². The first-order valence-electron chi connectivity index (χ1n) is 18.5. The Morgan fingerprint density at radius 2 is 1.29 bits per heavy atom. The van der Waals surface area contributed by atoms with Gasteiger partial charge in [0.05, 0.1) is 25.9 Å². The highest BCUT2D eigenvalue weighted by atomic mass is 31.3. The van der Waals surface area contributed by atoms with Crippen LogP contribution in [0.15, 0.2) is 70.4 Å². The molecule has 55 heavy (non-hydrogen) atoms. The van der Waals surface area contributed by atoms with Gasteiger partial charge in [0.2, 0.25) is 0 Å². The second-order valence-corrected chi connectivity index (χ2v) is 16.2. The number of phosphoric ester groups is 2. The molecule has 3 atom stereocenters. The van der Waals surface area contributed by atoms with Gasteiger partial charge in [-0.1, -0.05) is 76.6 Å². The Balaban J connectivity index is 1.37. The summed E-state index contributed by atoms with van der Waals surface area (Å²) in [7, 11) is -10.3. The minimum Gasteiger partial charge on any atom is -0.756 e.